The Bertz CT molecular complexity index is 1020. The second-order valence-electron chi connectivity index (χ2n) is 9.59. The van der Waals surface area contributed by atoms with E-state index >= 15 is 0 Å². The number of ether oxygens (including phenoxy) is 2. The van der Waals surface area contributed by atoms with E-state index in [1.807, 2.05) is 27.7 Å². The highest BCUT2D eigenvalue weighted by Gasteiger charge is 2.58. The molecule has 1 aromatic rings. The molecule has 33 heavy (non-hydrogen) atoms. The average molecular weight is 488 g/mol. The number of H-pyrrole nitrogens is 1. The van der Waals surface area contributed by atoms with Gasteiger partial charge in [-0.15, -0.1) is 0 Å². The highest BCUT2D eigenvalue weighted by Crippen LogP contribution is 2.60. The minimum Gasteiger partial charge on any atom is -0.463 e. The highest BCUT2D eigenvalue weighted by molar-refractivity contribution is 7.48. The molecule has 2 aliphatic rings. The maximum atomic E-state index is 13.2. The Labute approximate surface area is 192 Å². The number of esters is 1. The summed E-state index contributed by atoms with van der Waals surface area (Å²) >= 11 is 0. The SMILES string of the molecule is CC(C)OC(=O)C(CCO[P@]1(=O)OC[C@H]2O[C@@H](n3ccc(=O)[nH]c3=O)C(C)(C)[C@@H]2O1)C(C)C. The van der Waals surface area contributed by atoms with Crippen molar-refractivity contribution in [3.05, 3.63) is 33.1 Å². The largest absolute Gasteiger partial charge is 0.475 e. The maximum absolute atomic E-state index is 13.2. The number of rotatable bonds is 8. The molecule has 1 unspecified atom stereocenters. The zero-order valence-electron chi connectivity index (χ0n) is 19.8. The number of phosphoric acid groups is 1. The van der Waals surface area contributed by atoms with Crippen LogP contribution >= 0.6 is 7.82 Å². The molecule has 1 N–H and O–H groups in total. The van der Waals surface area contributed by atoms with Gasteiger partial charge >= 0.3 is 19.5 Å². The van der Waals surface area contributed by atoms with Gasteiger partial charge in [0.2, 0.25) is 0 Å². The number of carbonyl (C=O) groups is 1. The first kappa shape index (κ1) is 25.8. The summed E-state index contributed by atoms with van der Waals surface area (Å²) in [4.78, 5) is 38.2. The zero-order valence-corrected chi connectivity index (χ0v) is 20.7. The van der Waals surface area contributed by atoms with Crippen LogP contribution in [-0.2, 0) is 32.4 Å². The summed E-state index contributed by atoms with van der Waals surface area (Å²) in [6, 6.07) is 1.23. The van der Waals surface area contributed by atoms with Gasteiger partial charge in [0.25, 0.3) is 5.56 Å². The van der Waals surface area contributed by atoms with E-state index in [9.17, 15) is 18.9 Å². The van der Waals surface area contributed by atoms with Crippen molar-refractivity contribution in [2.75, 3.05) is 13.2 Å². The van der Waals surface area contributed by atoms with Crippen molar-refractivity contribution in [1.82, 2.24) is 9.55 Å². The highest BCUT2D eigenvalue weighted by atomic mass is 31.2. The molecule has 12 heteroatoms. The predicted octanol–water partition coefficient (Wildman–Crippen LogP) is 2.61. The molecule has 0 aliphatic carbocycles. The number of aromatic amines is 1. The third kappa shape index (κ3) is 5.66. The van der Waals surface area contributed by atoms with Crippen molar-refractivity contribution in [3.8, 4) is 0 Å². The van der Waals surface area contributed by atoms with E-state index in [2.05, 4.69) is 4.98 Å². The lowest BCUT2D eigenvalue weighted by molar-refractivity contribution is -0.154. The molecule has 0 spiro atoms. The van der Waals surface area contributed by atoms with Gasteiger partial charge in [-0.05, 0) is 26.2 Å². The number of fused-ring (bicyclic) bond motifs is 1. The molecule has 1 aromatic heterocycles. The molecule has 0 bridgehead atoms. The van der Waals surface area contributed by atoms with Crippen LogP contribution in [0.5, 0.6) is 0 Å². The Kier molecular flexibility index (Phi) is 7.70. The van der Waals surface area contributed by atoms with Crippen LogP contribution in [0, 0.1) is 17.3 Å². The van der Waals surface area contributed by atoms with Crippen molar-refractivity contribution in [2.24, 2.45) is 17.3 Å². The van der Waals surface area contributed by atoms with Gasteiger partial charge in [-0.3, -0.25) is 32.7 Å². The van der Waals surface area contributed by atoms with Gasteiger partial charge in [-0.2, -0.15) is 0 Å². The van der Waals surface area contributed by atoms with Gasteiger partial charge in [-0.25, -0.2) is 9.36 Å². The minimum absolute atomic E-state index is 0.0110. The molecule has 0 aromatic carbocycles. The normalized spacial score (nSPS) is 29.8. The van der Waals surface area contributed by atoms with E-state index in [1.165, 1.54) is 16.8 Å². The minimum atomic E-state index is -3.92. The fraction of sp³-hybridized carbons (Fsp3) is 0.762. The summed E-state index contributed by atoms with van der Waals surface area (Å²) in [7, 11) is -3.92. The quantitative estimate of drug-likeness (QED) is 0.433. The van der Waals surface area contributed by atoms with Crippen molar-refractivity contribution in [2.45, 2.75) is 72.5 Å². The van der Waals surface area contributed by atoms with Gasteiger partial charge in [0.15, 0.2) is 0 Å². The monoisotopic (exact) mass is 488 g/mol. The van der Waals surface area contributed by atoms with Crippen LogP contribution in [0.2, 0.25) is 0 Å². The Balaban J connectivity index is 1.67. The molecule has 5 atom stereocenters. The van der Waals surface area contributed by atoms with Gasteiger partial charge < -0.3 is 9.47 Å². The van der Waals surface area contributed by atoms with Crippen molar-refractivity contribution in [3.63, 3.8) is 0 Å². The number of aromatic nitrogens is 2. The van der Waals surface area contributed by atoms with Gasteiger partial charge in [-0.1, -0.05) is 27.7 Å². The van der Waals surface area contributed by atoms with E-state index in [0.29, 0.717) is 6.42 Å². The lowest BCUT2D eigenvalue weighted by atomic mass is 9.84. The second-order valence-corrected chi connectivity index (χ2v) is 11.2. The van der Waals surface area contributed by atoms with E-state index in [0.717, 1.165) is 0 Å². The summed E-state index contributed by atoms with van der Waals surface area (Å²) in [6.45, 7) is 10.9. The van der Waals surface area contributed by atoms with E-state index in [1.54, 1.807) is 13.8 Å². The van der Waals surface area contributed by atoms with Crippen LogP contribution in [0.15, 0.2) is 21.9 Å². The maximum Gasteiger partial charge on any atom is 0.475 e. The summed E-state index contributed by atoms with van der Waals surface area (Å²) in [6.07, 6.45) is -0.629. The average Bonchev–Trinajstić information content (AvgIpc) is 2.94. The van der Waals surface area contributed by atoms with Crippen LogP contribution in [0.25, 0.3) is 0 Å². The van der Waals surface area contributed by atoms with Gasteiger partial charge in [0.05, 0.1) is 25.2 Å². The first-order valence-electron chi connectivity index (χ1n) is 11.1. The van der Waals surface area contributed by atoms with Crippen molar-refractivity contribution >= 4 is 13.8 Å². The van der Waals surface area contributed by atoms with E-state index in [4.69, 9.17) is 23.0 Å². The van der Waals surface area contributed by atoms with E-state index in [-0.39, 0.29) is 31.2 Å². The van der Waals surface area contributed by atoms with E-state index < -0.39 is 48.8 Å². The van der Waals surface area contributed by atoms with Crippen molar-refractivity contribution in [1.29, 1.82) is 0 Å². The molecule has 2 saturated heterocycles. The van der Waals surface area contributed by atoms with Gasteiger partial charge in [0.1, 0.15) is 18.4 Å². The number of nitrogens with zero attached hydrogens (tertiary/aromatic N) is 1. The molecule has 3 rings (SSSR count). The van der Waals surface area contributed by atoms with Gasteiger partial charge in [0, 0.05) is 17.7 Å². The number of hydrogen-bond donors (Lipinski definition) is 1. The molecule has 186 valence electrons. The smallest absolute Gasteiger partial charge is 0.463 e. The second kappa shape index (κ2) is 9.84. The number of phosphoric ester groups is 1. The first-order chi connectivity index (χ1) is 15.3. The molecule has 2 aliphatic heterocycles. The topological polar surface area (TPSA) is 135 Å². The lowest BCUT2D eigenvalue weighted by Crippen LogP contribution is -2.42. The molecule has 0 radical (unpaired) electrons. The fourth-order valence-corrected chi connectivity index (χ4v) is 5.68. The van der Waals surface area contributed by atoms with Crippen LogP contribution in [0.4, 0.5) is 0 Å². The summed E-state index contributed by atoms with van der Waals surface area (Å²) < 4.78 is 42.4. The molecule has 3 heterocycles. The lowest BCUT2D eigenvalue weighted by Gasteiger charge is -2.36. The molecular weight excluding hydrogens is 455 g/mol. The molecule has 2 fully saturated rings. The Hall–Kier alpha value is -1.78. The third-order valence-electron chi connectivity index (χ3n) is 5.89. The summed E-state index contributed by atoms with van der Waals surface area (Å²) in [5, 5.41) is 0. The summed E-state index contributed by atoms with van der Waals surface area (Å²) in [5.41, 5.74) is -1.93. The first-order valence-corrected chi connectivity index (χ1v) is 12.5. The number of hydrogen-bond acceptors (Lipinski definition) is 9. The summed E-state index contributed by atoms with van der Waals surface area (Å²) in [5.74, 6) is -0.733. The van der Waals surface area contributed by atoms with Crippen LogP contribution in [0.3, 0.4) is 0 Å². The Morgan fingerprint density at radius 3 is 2.61 bits per heavy atom. The predicted molar refractivity (Wildman–Crippen MR) is 118 cm³/mol. The van der Waals surface area contributed by atoms with Crippen LogP contribution < -0.4 is 11.2 Å². The standard InChI is InChI=1S/C21H33N2O9P/c1-12(2)14(18(25)30-13(3)4)8-10-28-33(27)29-11-15-17(32-33)21(5,6)19(31-15)23-9-7-16(24)22-20(23)26/h7,9,12-15,17,19H,8,10-11H2,1-6H3,(H,22,24,26)/t14?,15-,17-,19-,33-/m1/s1. The molecule has 0 saturated carbocycles. The number of nitrogens with one attached hydrogen (secondary N) is 1. The fourth-order valence-electron chi connectivity index (χ4n) is 4.13. The third-order valence-corrected chi connectivity index (χ3v) is 7.34. The molecule has 0 amide bonds. The van der Waals surface area contributed by atoms with Crippen molar-refractivity contribution < 1.29 is 32.4 Å². The van der Waals surface area contributed by atoms with Crippen LogP contribution in [-0.4, -0.2) is 47.0 Å². The molecule has 11 nitrogen and oxygen atoms in total. The zero-order chi connectivity index (χ0) is 24.6. The Morgan fingerprint density at radius 1 is 1.30 bits per heavy atom. The Morgan fingerprint density at radius 2 is 2.00 bits per heavy atom. The van der Waals surface area contributed by atoms with Crippen LogP contribution in [0.1, 0.15) is 54.2 Å². The number of carbonyl (C=O) groups excluding carboxylic acids is 1. The molecular formula is C21H33N2O9P.